The topological polar surface area (TPSA) is 116 Å². The van der Waals surface area contributed by atoms with Crippen molar-refractivity contribution in [2.75, 3.05) is 13.1 Å². The summed E-state index contributed by atoms with van der Waals surface area (Å²) in [4.78, 5) is 50.5. The molecular formula is C30H36N4O4. The van der Waals surface area contributed by atoms with Crippen molar-refractivity contribution in [3.05, 3.63) is 83.9 Å². The Morgan fingerprint density at radius 3 is 2.13 bits per heavy atom. The largest absolute Gasteiger partial charge is 0.353 e. The van der Waals surface area contributed by atoms with E-state index in [0.29, 0.717) is 12.0 Å². The van der Waals surface area contributed by atoms with Crippen LogP contribution in [0.4, 0.5) is 0 Å². The molecule has 0 spiro atoms. The summed E-state index contributed by atoms with van der Waals surface area (Å²) in [6.45, 7) is 5.87. The number of aryl methyl sites for hydroxylation is 1. The van der Waals surface area contributed by atoms with Gasteiger partial charge in [-0.1, -0.05) is 60.7 Å². The normalized spacial score (nSPS) is 11.9. The van der Waals surface area contributed by atoms with Gasteiger partial charge in [-0.05, 0) is 55.7 Å². The summed E-state index contributed by atoms with van der Waals surface area (Å²) in [5.74, 6) is -1.39. The highest BCUT2D eigenvalue weighted by atomic mass is 16.2. The fourth-order valence-corrected chi connectivity index (χ4v) is 3.95. The molecule has 8 nitrogen and oxygen atoms in total. The van der Waals surface area contributed by atoms with Gasteiger partial charge in [-0.15, -0.1) is 0 Å². The van der Waals surface area contributed by atoms with E-state index in [4.69, 9.17) is 0 Å². The summed E-state index contributed by atoms with van der Waals surface area (Å²) in [6, 6.07) is 21.8. The van der Waals surface area contributed by atoms with E-state index in [9.17, 15) is 19.2 Å². The molecule has 4 amide bonds. The van der Waals surface area contributed by atoms with E-state index in [2.05, 4.69) is 21.3 Å². The molecule has 0 aromatic heterocycles. The first-order valence-corrected chi connectivity index (χ1v) is 12.8. The van der Waals surface area contributed by atoms with Crippen molar-refractivity contribution in [1.29, 1.82) is 0 Å². The number of nitrogens with one attached hydrogen (secondary N) is 4. The molecular weight excluding hydrogens is 480 g/mol. The Kier molecular flexibility index (Phi) is 9.99. The molecule has 38 heavy (non-hydrogen) atoms. The molecule has 0 saturated heterocycles. The Morgan fingerprint density at radius 1 is 0.763 bits per heavy atom. The molecule has 0 aliphatic rings. The van der Waals surface area contributed by atoms with E-state index in [1.54, 1.807) is 6.07 Å². The molecule has 1 unspecified atom stereocenters. The van der Waals surface area contributed by atoms with Crippen LogP contribution in [0.3, 0.4) is 0 Å². The van der Waals surface area contributed by atoms with Gasteiger partial charge in [0.25, 0.3) is 5.91 Å². The number of carbonyl (C=O) groups is 4. The van der Waals surface area contributed by atoms with E-state index >= 15 is 0 Å². The van der Waals surface area contributed by atoms with E-state index in [-0.39, 0.29) is 43.7 Å². The molecule has 0 radical (unpaired) electrons. The van der Waals surface area contributed by atoms with Gasteiger partial charge in [-0.25, -0.2) is 0 Å². The lowest BCUT2D eigenvalue weighted by Crippen LogP contribution is -2.51. The first kappa shape index (κ1) is 28.4. The van der Waals surface area contributed by atoms with Crippen LogP contribution in [0.15, 0.2) is 72.8 Å². The quantitative estimate of drug-likeness (QED) is 0.293. The second-order valence-corrected chi connectivity index (χ2v) is 10.2. The maximum atomic E-state index is 12.9. The Balaban J connectivity index is 1.52. The Labute approximate surface area is 223 Å². The average molecular weight is 517 g/mol. The zero-order valence-electron chi connectivity index (χ0n) is 22.2. The molecule has 0 aliphatic carbocycles. The highest BCUT2D eigenvalue weighted by Crippen LogP contribution is 2.15. The van der Waals surface area contributed by atoms with Crippen LogP contribution in [-0.4, -0.2) is 48.3 Å². The number of hydrogen-bond acceptors (Lipinski definition) is 4. The summed E-state index contributed by atoms with van der Waals surface area (Å²) in [7, 11) is 0. The highest BCUT2D eigenvalue weighted by molar-refractivity contribution is 5.98. The summed E-state index contributed by atoms with van der Waals surface area (Å²) in [5, 5.41) is 13.0. The zero-order valence-corrected chi connectivity index (χ0v) is 22.2. The molecule has 3 aromatic carbocycles. The SMILES string of the molecule is CC(C)(C)NC(=O)CC(NC(=O)CCc1ccccc1)C(=O)NCCNC(=O)c1ccc2ccccc2c1. The molecule has 0 bridgehead atoms. The third-order valence-electron chi connectivity index (χ3n) is 5.76. The predicted octanol–water partition coefficient (Wildman–Crippen LogP) is 3.11. The van der Waals surface area contributed by atoms with Gasteiger partial charge in [0.05, 0.1) is 6.42 Å². The zero-order chi connectivity index (χ0) is 27.5. The van der Waals surface area contributed by atoms with Gasteiger partial charge in [0.1, 0.15) is 6.04 Å². The van der Waals surface area contributed by atoms with E-state index in [1.165, 1.54) is 0 Å². The molecule has 0 heterocycles. The smallest absolute Gasteiger partial charge is 0.251 e. The van der Waals surface area contributed by atoms with Gasteiger partial charge in [0, 0.05) is 30.6 Å². The molecule has 0 saturated carbocycles. The van der Waals surface area contributed by atoms with Crippen LogP contribution in [-0.2, 0) is 20.8 Å². The van der Waals surface area contributed by atoms with Crippen molar-refractivity contribution in [2.45, 2.75) is 51.6 Å². The fourth-order valence-electron chi connectivity index (χ4n) is 3.95. The Bertz CT molecular complexity index is 1270. The molecule has 3 aromatic rings. The third kappa shape index (κ3) is 9.35. The lowest BCUT2D eigenvalue weighted by atomic mass is 10.1. The summed E-state index contributed by atoms with van der Waals surface area (Å²) >= 11 is 0. The number of benzene rings is 3. The molecule has 4 N–H and O–H groups in total. The number of rotatable bonds is 11. The first-order chi connectivity index (χ1) is 18.1. The van der Waals surface area contributed by atoms with Gasteiger partial charge in [-0.3, -0.25) is 19.2 Å². The monoisotopic (exact) mass is 516 g/mol. The van der Waals surface area contributed by atoms with Crippen LogP contribution in [0.5, 0.6) is 0 Å². The number of amides is 4. The van der Waals surface area contributed by atoms with E-state index in [1.807, 2.05) is 87.5 Å². The second-order valence-electron chi connectivity index (χ2n) is 10.2. The number of hydrogen-bond donors (Lipinski definition) is 4. The average Bonchev–Trinajstić information content (AvgIpc) is 2.88. The summed E-state index contributed by atoms with van der Waals surface area (Å²) < 4.78 is 0. The van der Waals surface area contributed by atoms with Crippen LogP contribution < -0.4 is 21.3 Å². The van der Waals surface area contributed by atoms with Gasteiger partial charge in [0.15, 0.2) is 0 Å². The van der Waals surface area contributed by atoms with Gasteiger partial charge < -0.3 is 21.3 Å². The Hall–Kier alpha value is -4.20. The van der Waals surface area contributed by atoms with Crippen molar-refractivity contribution in [3.63, 3.8) is 0 Å². The van der Waals surface area contributed by atoms with Crippen molar-refractivity contribution in [2.24, 2.45) is 0 Å². The minimum absolute atomic E-state index is 0.148. The lowest BCUT2D eigenvalue weighted by Gasteiger charge is -2.23. The maximum absolute atomic E-state index is 12.9. The van der Waals surface area contributed by atoms with Crippen LogP contribution in [0.25, 0.3) is 10.8 Å². The second kappa shape index (κ2) is 13.4. The molecule has 8 heteroatoms. The number of fused-ring (bicyclic) bond motifs is 1. The first-order valence-electron chi connectivity index (χ1n) is 12.8. The van der Waals surface area contributed by atoms with Crippen LogP contribution in [0, 0.1) is 0 Å². The van der Waals surface area contributed by atoms with Crippen molar-refractivity contribution in [3.8, 4) is 0 Å². The van der Waals surface area contributed by atoms with Gasteiger partial charge in [0.2, 0.25) is 17.7 Å². The Morgan fingerprint density at radius 2 is 1.42 bits per heavy atom. The van der Waals surface area contributed by atoms with Crippen molar-refractivity contribution < 1.29 is 19.2 Å². The maximum Gasteiger partial charge on any atom is 0.251 e. The standard InChI is InChI=1S/C30H36N4O4/c1-30(2,3)34-27(36)20-25(33-26(35)16-13-21-9-5-4-6-10-21)29(38)32-18-17-31-28(37)24-15-14-22-11-7-8-12-23(22)19-24/h4-12,14-15,19,25H,13,16-18,20H2,1-3H3,(H,31,37)(H,32,38)(H,33,35)(H,34,36). The van der Waals surface area contributed by atoms with Gasteiger partial charge in [-0.2, -0.15) is 0 Å². The van der Waals surface area contributed by atoms with Crippen LogP contribution in [0.2, 0.25) is 0 Å². The number of carbonyl (C=O) groups excluding carboxylic acids is 4. The summed E-state index contributed by atoms with van der Waals surface area (Å²) in [5.41, 5.74) is 1.07. The fraction of sp³-hybridized carbons (Fsp3) is 0.333. The molecule has 0 aliphatic heterocycles. The molecule has 3 rings (SSSR count). The predicted molar refractivity (Wildman–Crippen MR) is 148 cm³/mol. The van der Waals surface area contributed by atoms with Crippen molar-refractivity contribution in [1.82, 2.24) is 21.3 Å². The van der Waals surface area contributed by atoms with Gasteiger partial charge >= 0.3 is 0 Å². The van der Waals surface area contributed by atoms with E-state index < -0.39 is 17.5 Å². The molecule has 200 valence electrons. The minimum Gasteiger partial charge on any atom is -0.353 e. The van der Waals surface area contributed by atoms with Crippen LogP contribution >= 0.6 is 0 Å². The van der Waals surface area contributed by atoms with Crippen molar-refractivity contribution >= 4 is 34.4 Å². The highest BCUT2D eigenvalue weighted by Gasteiger charge is 2.25. The minimum atomic E-state index is -1.03. The van der Waals surface area contributed by atoms with Crippen LogP contribution in [0.1, 0.15) is 49.5 Å². The molecule has 0 fully saturated rings. The lowest BCUT2D eigenvalue weighted by molar-refractivity contribution is -0.132. The molecule has 1 atom stereocenters. The summed E-state index contributed by atoms with van der Waals surface area (Å²) in [6.07, 6.45) is 0.524. The van der Waals surface area contributed by atoms with E-state index in [0.717, 1.165) is 16.3 Å². The third-order valence-corrected chi connectivity index (χ3v) is 5.76.